The third kappa shape index (κ3) is 4.21. The Labute approximate surface area is 91.8 Å². The summed E-state index contributed by atoms with van der Waals surface area (Å²) in [4.78, 5) is 0. The monoisotopic (exact) mass is 208 g/mol. The summed E-state index contributed by atoms with van der Waals surface area (Å²) in [5, 5.41) is 6.61. The van der Waals surface area contributed by atoms with Crippen molar-refractivity contribution in [3.8, 4) is 5.75 Å². The van der Waals surface area contributed by atoms with Gasteiger partial charge in [0.05, 0.1) is 12.3 Å². The molecule has 0 aliphatic rings. The first-order valence-electron chi connectivity index (χ1n) is 5.55. The van der Waals surface area contributed by atoms with Crippen LogP contribution in [0, 0.1) is 0 Å². The molecule has 1 rings (SSSR count). The highest BCUT2D eigenvalue weighted by molar-refractivity contribution is 5.56. The van der Waals surface area contributed by atoms with Crippen LogP contribution in [0.1, 0.15) is 13.8 Å². The molecule has 1 aromatic rings. The normalized spacial score (nSPS) is 10.0. The van der Waals surface area contributed by atoms with E-state index in [0.29, 0.717) is 6.61 Å². The van der Waals surface area contributed by atoms with Crippen molar-refractivity contribution in [3.05, 3.63) is 24.3 Å². The lowest BCUT2D eigenvalue weighted by Gasteiger charge is -2.11. The van der Waals surface area contributed by atoms with Gasteiger partial charge in [-0.1, -0.05) is 19.1 Å². The number of rotatable bonds is 7. The minimum absolute atomic E-state index is 0.700. The van der Waals surface area contributed by atoms with Gasteiger partial charge in [0.2, 0.25) is 0 Å². The molecule has 0 saturated carbocycles. The Morgan fingerprint density at radius 2 is 1.93 bits per heavy atom. The molecule has 15 heavy (non-hydrogen) atoms. The van der Waals surface area contributed by atoms with E-state index in [1.165, 1.54) is 0 Å². The third-order valence-electron chi connectivity index (χ3n) is 2.05. The van der Waals surface area contributed by atoms with Gasteiger partial charge in [-0.15, -0.1) is 0 Å². The highest BCUT2D eigenvalue weighted by atomic mass is 16.5. The largest absolute Gasteiger partial charge is 0.492 e. The van der Waals surface area contributed by atoms with Crippen molar-refractivity contribution in [2.24, 2.45) is 0 Å². The molecule has 0 aromatic heterocycles. The van der Waals surface area contributed by atoms with Crippen molar-refractivity contribution in [1.29, 1.82) is 0 Å². The molecule has 3 nitrogen and oxygen atoms in total. The summed E-state index contributed by atoms with van der Waals surface area (Å²) in [7, 11) is 0. The van der Waals surface area contributed by atoms with Crippen molar-refractivity contribution in [1.82, 2.24) is 5.32 Å². The van der Waals surface area contributed by atoms with Crippen LogP contribution in [0.3, 0.4) is 0 Å². The Kier molecular flexibility index (Phi) is 5.63. The highest BCUT2D eigenvalue weighted by Gasteiger charge is 1.99. The van der Waals surface area contributed by atoms with Crippen LogP contribution >= 0.6 is 0 Å². The number of para-hydroxylation sites is 2. The predicted molar refractivity (Wildman–Crippen MR) is 64.6 cm³/mol. The lowest BCUT2D eigenvalue weighted by molar-refractivity contribution is 0.341. The highest BCUT2D eigenvalue weighted by Crippen LogP contribution is 2.22. The molecule has 0 radical (unpaired) electrons. The summed E-state index contributed by atoms with van der Waals surface area (Å²) in [6, 6.07) is 8.02. The summed E-state index contributed by atoms with van der Waals surface area (Å²) in [6.07, 6.45) is 0. The summed E-state index contributed by atoms with van der Waals surface area (Å²) >= 11 is 0. The van der Waals surface area contributed by atoms with Crippen LogP contribution < -0.4 is 15.4 Å². The average molecular weight is 208 g/mol. The van der Waals surface area contributed by atoms with Crippen molar-refractivity contribution in [3.63, 3.8) is 0 Å². The first-order chi connectivity index (χ1) is 7.38. The van der Waals surface area contributed by atoms with Gasteiger partial charge in [0.15, 0.2) is 0 Å². The first-order valence-corrected chi connectivity index (χ1v) is 5.55. The molecule has 0 atom stereocenters. The Hall–Kier alpha value is -1.22. The zero-order valence-electron chi connectivity index (χ0n) is 9.55. The van der Waals surface area contributed by atoms with E-state index in [1.54, 1.807) is 0 Å². The van der Waals surface area contributed by atoms with Crippen molar-refractivity contribution in [2.45, 2.75) is 13.8 Å². The molecule has 0 fully saturated rings. The topological polar surface area (TPSA) is 33.3 Å². The Morgan fingerprint density at radius 1 is 1.13 bits per heavy atom. The van der Waals surface area contributed by atoms with E-state index in [2.05, 4.69) is 17.6 Å². The molecule has 84 valence electrons. The number of hydrogen-bond acceptors (Lipinski definition) is 3. The van der Waals surface area contributed by atoms with Crippen molar-refractivity contribution >= 4 is 5.69 Å². The van der Waals surface area contributed by atoms with E-state index in [4.69, 9.17) is 4.74 Å². The molecular weight excluding hydrogens is 188 g/mol. The Morgan fingerprint density at radius 3 is 2.67 bits per heavy atom. The van der Waals surface area contributed by atoms with E-state index in [9.17, 15) is 0 Å². The molecule has 0 aliphatic carbocycles. The second-order valence-electron chi connectivity index (χ2n) is 3.21. The first kappa shape index (κ1) is 11.9. The SMILES string of the molecule is CCNCCNc1ccccc1OCC. The van der Waals surface area contributed by atoms with Crippen LogP contribution in [0.5, 0.6) is 5.75 Å². The number of anilines is 1. The number of ether oxygens (including phenoxy) is 1. The van der Waals surface area contributed by atoms with E-state index in [1.807, 2.05) is 31.2 Å². The van der Waals surface area contributed by atoms with Gasteiger partial charge < -0.3 is 15.4 Å². The van der Waals surface area contributed by atoms with Crippen molar-refractivity contribution in [2.75, 3.05) is 31.6 Å². The Bertz CT molecular complexity index is 276. The molecular formula is C12H20N2O. The van der Waals surface area contributed by atoms with Gasteiger partial charge in [0, 0.05) is 13.1 Å². The molecule has 0 bridgehead atoms. The van der Waals surface area contributed by atoms with Crippen LogP contribution in [0.15, 0.2) is 24.3 Å². The van der Waals surface area contributed by atoms with Gasteiger partial charge in [-0.05, 0) is 25.6 Å². The number of nitrogens with one attached hydrogen (secondary N) is 2. The summed E-state index contributed by atoms with van der Waals surface area (Å²) in [6.45, 7) is 7.69. The minimum atomic E-state index is 0.700. The summed E-state index contributed by atoms with van der Waals surface area (Å²) in [5.74, 6) is 0.927. The van der Waals surface area contributed by atoms with Crippen LogP contribution in [-0.2, 0) is 0 Å². The second-order valence-corrected chi connectivity index (χ2v) is 3.21. The maximum absolute atomic E-state index is 5.51. The van der Waals surface area contributed by atoms with Crippen LogP contribution in [0.2, 0.25) is 0 Å². The zero-order chi connectivity index (χ0) is 10.9. The quantitative estimate of drug-likeness (QED) is 0.673. The fourth-order valence-electron chi connectivity index (χ4n) is 1.36. The fraction of sp³-hybridized carbons (Fsp3) is 0.500. The molecule has 2 N–H and O–H groups in total. The zero-order valence-corrected chi connectivity index (χ0v) is 9.55. The van der Waals surface area contributed by atoms with Gasteiger partial charge in [-0.2, -0.15) is 0 Å². The van der Waals surface area contributed by atoms with Crippen LogP contribution in [-0.4, -0.2) is 26.2 Å². The summed E-state index contributed by atoms with van der Waals surface area (Å²) < 4.78 is 5.51. The molecule has 1 aromatic carbocycles. The fourth-order valence-corrected chi connectivity index (χ4v) is 1.36. The van der Waals surface area contributed by atoms with Gasteiger partial charge in [0.1, 0.15) is 5.75 Å². The molecule has 0 unspecified atom stereocenters. The smallest absolute Gasteiger partial charge is 0.142 e. The van der Waals surface area contributed by atoms with Crippen molar-refractivity contribution < 1.29 is 4.74 Å². The predicted octanol–water partition coefficient (Wildman–Crippen LogP) is 2.11. The van der Waals surface area contributed by atoms with Crippen LogP contribution in [0.4, 0.5) is 5.69 Å². The maximum Gasteiger partial charge on any atom is 0.142 e. The molecule has 0 saturated heterocycles. The van der Waals surface area contributed by atoms with Crippen LogP contribution in [0.25, 0.3) is 0 Å². The maximum atomic E-state index is 5.51. The van der Waals surface area contributed by atoms with Gasteiger partial charge in [-0.25, -0.2) is 0 Å². The van der Waals surface area contributed by atoms with E-state index in [0.717, 1.165) is 31.1 Å². The number of benzene rings is 1. The molecule has 0 heterocycles. The van der Waals surface area contributed by atoms with Gasteiger partial charge >= 0.3 is 0 Å². The lowest BCUT2D eigenvalue weighted by atomic mass is 10.3. The number of likely N-dealkylation sites (N-methyl/N-ethyl adjacent to an activating group) is 1. The van der Waals surface area contributed by atoms with Gasteiger partial charge in [-0.3, -0.25) is 0 Å². The Balaban J connectivity index is 2.44. The molecule has 0 aliphatic heterocycles. The van der Waals surface area contributed by atoms with E-state index < -0.39 is 0 Å². The molecule has 3 heteroatoms. The van der Waals surface area contributed by atoms with E-state index >= 15 is 0 Å². The van der Waals surface area contributed by atoms with Gasteiger partial charge in [0.25, 0.3) is 0 Å². The van der Waals surface area contributed by atoms with E-state index in [-0.39, 0.29) is 0 Å². The standard InChI is InChI=1S/C12H20N2O/c1-3-13-9-10-14-11-7-5-6-8-12(11)15-4-2/h5-8,13-14H,3-4,9-10H2,1-2H3. The average Bonchev–Trinajstić information content (AvgIpc) is 2.27. The molecule has 0 amide bonds. The number of hydrogen-bond donors (Lipinski definition) is 2. The third-order valence-corrected chi connectivity index (χ3v) is 2.05. The molecule has 0 spiro atoms. The lowest BCUT2D eigenvalue weighted by Crippen LogP contribution is -2.21. The minimum Gasteiger partial charge on any atom is -0.492 e. The second kappa shape index (κ2) is 7.12. The summed E-state index contributed by atoms with van der Waals surface area (Å²) in [5.41, 5.74) is 1.07.